The zero-order valence-electron chi connectivity index (χ0n) is 7.14. The maximum absolute atomic E-state index is 10.6. The highest BCUT2D eigenvalue weighted by Gasteiger charge is 2.03. The predicted octanol–water partition coefficient (Wildman–Crippen LogP) is 2.04. The van der Waals surface area contributed by atoms with Crippen molar-refractivity contribution in [1.82, 2.24) is 4.57 Å². The van der Waals surface area contributed by atoms with Crippen molar-refractivity contribution in [3.8, 4) is 6.07 Å². The third-order valence-corrected chi connectivity index (χ3v) is 1.99. The van der Waals surface area contributed by atoms with Crippen LogP contribution in [-0.2, 0) is 0 Å². The zero-order valence-corrected chi connectivity index (χ0v) is 7.14. The van der Waals surface area contributed by atoms with E-state index in [0.29, 0.717) is 5.56 Å². The summed E-state index contributed by atoms with van der Waals surface area (Å²) in [4.78, 5) is 10.6. The first-order valence-corrected chi connectivity index (χ1v) is 3.96. The van der Waals surface area contributed by atoms with E-state index < -0.39 is 6.09 Å². The summed E-state index contributed by atoms with van der Waals surface area (Å²) in [5, 5.41) is 18.9. The lowest BCUT2D eigenvalue weighted by Crippen LogP contribution is -2.03. The van der Waals surface area contributed by atoms with Gasteiger partial charge in [-0.25, -0.2) is 4.79 Å². The van der Waals surface area contributed by atoms with Crippen molar-refractivity contribution < 1.29 is 9.90 Å². The molecule has 0 spiro atoms. The molecule has 0 aliphatic rings. The van der Waals surface area contributed by atoms with E-state index in [2.05, 4.69) is 0 Å². The van der Waals surface area contributed by atoms with E-state index in [4.69, 9.17) is 10.4 Å². The fourth-order valence-electron chi connectivity index (χ4n) is 1.32. The van der Waals surface area contributed by atoms with Gasteiger partial charge in [-0.1, -0.05) is 6.07 Å². The van der Waals surface area contributed by atoms with Crippen molar-refractivity contribution in [3.05, 3.63) is 36.2 Å². The summed E-state index contributed by atoms with van der Waals surface area (Å²) in [7, 11) is 0. The highest BCUT2D eigenvalue weighted by Crippen LogP contribution is 2.16. The summed E-state index contributed by atoms with van der Waals surface area (Å²) in [6, 6.07) is 7.05. The molecule has 0 amide bonds. The number of hydrogen-bond donors (Lipinski definition) is 1. The Balaban J connectivity index is 2.67. The summed E-state index contributed by atoms with van der Waals surface area (Å²) in [5.74, 6) is 0. The number of rotatable bonds is 0. The summed E-state index contributed by atoms with van der Waals surface area (Å²) < 4.78 is 1.08. The molecule has 0 radical (unpaired) electrons. The summed E-state index contributed by atoms with van der Waals surface area (Å²) in [6.07, 6.45) is 1.97. The lowest BCUT2D eigenvalue weighted by molar-refractivity contribution is 0.196. The SMILES string of the molecule is N#Cc1ccc2cn(C(=O)O)cc2c1. The van der Waals surface area contributed by atoms with Gasteiger partial charge in [0, 0.05) is 23.2 Å². The van der Waals surface area contributed by atoms with Crippen LogP contribution < -0.4 is 0 Å². The Hall–Kier alpha value is -2.28. The molecule has 1 aromatic carbocycles. The minimum Gasteiger partial charge on any atom is -0.464 e. The first-order valence-electron chi connectivity index (χ1n) is 3.96. The number of nitriles is 1. The molecule has 0 atom stereocenters. The number of benzene rings is 1. The molecule has 1 N–H and O–H groups in total. The van der Waals surface area contributed by atoms with E-state index in [9.17, 15) is 4.79 Å². The first-order chi connectivity index (χ1) is 6.70. The molecule has 4 nitrogen and oxygen atoms in total. The van der Waals surface area contributed by atoms with E-state index in [-0.39, 0.29) is 0 Å². The van der Waals surface area contributed by atoms with Crippen molar-refractivity contribution in [1.29, 1.82) is 5.26 Å². The predicted molar refractivity (Wildman–Crippen MR) is 50.1 cm³/mol. The van der Waals surface area contributed by atoms with Crippen molar-refractivity contribution in [2.24, 2.45) is 0 Å². The van der Waals surface area contributed by atoms with Crippen molar-refractivity contribution >= 4 is 16.9 Å². The number of carboxylic acid groups (broad SMARTS) is 1. The summed E-state index contributed by atoms with van der Waals surface area (Å²) >= 11 is 0. The van der Waals surface area contributed by atoms with Gasteiger partial charge in [0.2, 0.25) is 0 Å². The van der Waals surface area contributed by atoms with Gasteiger partial charge in [-0.3, -0.25) is 4.57 Å². The third kappa shape index (κ3) is 1.21. The molecular formula is C10H6N2O2. The normalized spacial score (nSPS) is 9.93. The molecule has 1 aromatic heterocycles. The van der Waals surface area contributed by atoms with E-state index in [1.807, 2.05) is 6.07 Å². The number of aromatic nitrogens is 1. The second-order valence-corrected chi connectivity index (χ2v) is 2.90. The van der Waals surface area contributed by atoms with Gasteiger partial charge in [-0.15, -0.1) is 0 Å². The fourth-order valence-corrected chi connectivity index (χ4v) is 1.32. The van der Waals surface area contributed by atoms with Crippen LogP contribution >= 0.6 is 0 Å². The molecule has 68 valence electrons. The molecule has 14 heavy (non-hydrogen) atoms. The lowest BCUT2D eigenvalue weighted by atomic mass is 10.1. The van der Waals surface area contributed by atoms with Crippen LogP contribution in [0.15, 0.2) is 30.6 Å². The molecule has 1 heterocycles. The van der Waals surface area contributed by atoms with Crippen LogP contribution in [0.1, 0.15) is 5.56 Å². The number of fused-ring (bicyclic) bond motifs is 1. The maximum Gasteiger partial charge on any atom is 0.415 e. The topological polar surface area (TPSA) is 66.0 Å². The Morgan fingerprint density at radius 3 is 2.71 bits per heavy atom. The van der Waals surface area contributed by atoms with E-state index >= 15 is 0 Å². The molecule has 2 aromatic rings. The molecule has 0 saturated heterocycles. The molecular weight excluding hydrogens is 180 g/mol. The van der Waals surface area contributed by atoms with Crippen LogP contribution in [0.3, 0.4) is 0 Å². The Bertz CT molecular complexity index is 549. The Morgan fingerprint density at radius 2 is 2.07 bits per heavy atom. The molecule has 0 fully saturated rings. The molecule has 0 unspecified atom stereocenters. The van der Waals surface area contributed by atoms with Crippen LogP contribution in [0.2, 0.25) is 0 Å². The first kappa shape index (κ1) is 8.32. The quantitative estimate of drug-likeness (QED) is 0.684. The minimum absolute atomic E-state index is 0.528. The Morgan fingerprint density at radius 1 is 1.36 bits per heavy atom. The highest BCUT2D eigenvalue weighted by atomic mass is 16.4. The fraction of sp³-hybridized carbons (Fsp3) is 0. The average Bonchev–Trinajstić information content (AvgIpc) is 2.59. The number of carbonyl (C=O) groups is 1. The molecule has 2 rings (SSSR count). The monoisotopic (exact) mass is 186 g/mol. The van der Waals surface area contributed by atoms with Crippen molar-refractivity contribution in [2.75, 3.05) is 0 Å². The van der Waals surface area contributed by atoms with E-state index in [1.165, 1.54) is 12.4 Å². The van der Waals surface area contributed by atoms with E-state index in [0.717, 1.165) is 15.3 Å². The van der Waals surface area contributed by atoms with Crippen molar-refractivity contribution in [3.63, 3.8) is 0 Å². The van der Waals surface area contributed by atoms with E-state index in [1.54, 1.807) is 18.2 Å². The molecule has 4 heteroatoms. The van der Waals surface area contributed by atoms with Gasteiger partial charge >= 0.3 is 6.09 Å². The third-order valence-electron chi connectivity index (χ3n) is 1.99. The lowest BCUT2D eigenvalue weighted by Gasteiger charge is -1.88. The van der Waals surface area contributed by atoms with Gasteiger partial charge in [-0.2, -0.15) is 5.26 Å². The van der Waals surface area contributed by atoms with Crippen molar-refractivity contribution in [2.45, 2.75) is 0 Å². The molecule has 0 bridgehead atoms. The Labute approximate surface area is 79.6 Å². The smallest absolute Gasteiger partial charge is 0.415 e. The second-order valence-electron chi connectivity index (χ2n) is 2.90. The number of nitrogens with zero attached hydrogens (tertiary/aromatic N) is 2. The molecule has 0 aliphatic carbocycles. The zero-order chi connectivity index (χ0) is 10.1. The average molecular weight is 186 g/mol. The maximum atomic E-state index is 10.6. The van der Waals surface area contributed by atoms with Crippen LogP contribution in [0, 0.1) is 11.3 Å². The van der Waals surface area contributed by atoms with Crippen LogP contribution in [0.4, 0.5) is 4.79 Å². The summed E-state index contributed by atoms with van der Waals surface area (Å²) in [5.41, 5.74) is 0.528. The minimum atomic E-state index is -1.03. The standard InChI is InChI=1S/C10H6N2O2/c11-4-7-1-2-8-5-12(10(13)14)6-9(8)3-7/h1-3,5-6H,(H,13,14). The van der Waals surface area contributed by atoms with Gasteiger partial charge in [0.05, 0.1) is 11.6 Å². The van der Waals surface area contributed by atoms with Gasteiger partial charge < -0.3 is 5.11 Å². The summed E-state index contributed by atoms with van der Waals surface area (Å²) in [6.45, 7) is 0. The molecule has 0 aliphatic heterocycles. The van der Waals surface area contributed by atoms with Gasteiger partial charge in [0.25, 0.3) is 0 Å². The molecule has 0 saturated carbocycles. The van der Waals surface area contributed by atoms with Gasteiger partial charge in [0.15, 0.2) is 0 Å². The van der Waals surface area contributed by atoms with Gasteiger partial charge in [-0.05, 0) is 12.1 Å². The van der Waals surface area contributed by atoms with Crippen LogP contribution in [-0.4, -0.2) is 15.8 Å². The highest BCUT2D eigenvalue weighted by molar-refractivity contribution is 5.87. The van der Waals surface area contributed by atoms with Crippen LogP contribution in [0.5, 0.6) is 0 Å². The number of hydrogen-bond acceptors (Lipinski definition) is 2. The van der Waals surface area contributed by atoms with Gasteiger partial charge in [0.1, 0.15) is 0 Å². The Kier molecular flexibility index (Phi) is 1.72. The second kappa shape index (κ2) is 2.89. The largest absolute Gasteiger partial charge is 0.464 e. The van der Waals surface area contributed by atoms with Crippen LogP contribution in [0.25, 0.3) is 10.8 Å².